The van der Waals surface area contributed by atoms with Crippen molar-refractivity contribution in [1.82, 2.24) is 5.32 Å². The Labute approximate surface area is 96.6 Å². The fourth-order valence-corrected chi connectivity index (χ4v) is 2.85. The van der Waals surface area contributed by atoms with Crippen LogP contribution in [0.5, 0.6) is 0 Å². The van der Waals surface area contributed by atoms with Crippen LogP contribution < -0.4 is 16.0 Å². The fraction of sp³-hybridized carbons (Fsp3) is 0.538. The number of anilines is 1. The largest absolute Gasteiger partial charge is 0.369 e. The Hall–Kier alpha value is -1.06. The molecule has 0 radical (unpaired) electrons. The molecule has 0 aromatic heterocycles. The summed E-state index contributed by atoms with van der Waals surface area (Å²) in [5.74, 6) is 0. The van der Waals surface area contributed by atoms with Crippen molar-refractivity contribution < 1.29 is 0 Å². The van der Waals surface area contributed by atoms with Crippen molar-refractivity contribution >= 4 is 5.69 Å². The van der Waals surface area contributed by atoms with E-state index in [4.69, 9.17) is 5.73 Å². The smallest absolute Gasteiger partial charge is 0.0470 e. The summed E-state index contributed by atoms with van der Waals surface area (Å²) in [4.78, 5) is 2.45. The average Bonchev–Trinajstić information content (AvgIpc) is 2.87. The molecule has 3 nitrogen and oxygen atoms in total. The highest BCUT2D eigenvalue weighted by atomic mass is 15.2. The van der Waals surface area contributed by atoms with Crippen LogP contribution in [0.25, 0.3) is 0 Å². The van der Waals surface area contributed by atoms with Crippen LogP contribution in [0.4, 0.5) is 5.69 Å². The molecule has 1 saturated heterocycles. The quantitative estimate of drug-likeness (QED) is 0.768. The molecule has 1 atom stereocenters. The summed E-state index contributed by atoms with van der Waals surface area (Å²) in [6, 6.07) is 8.68. The number of benzene rings is 1. The summed E-state index contributed by atoms with van der Waals surface area (Å²) in [5, 5.41) is 3.36. The van der Waals surface area contributed by atoms with Crippen molar-refractivity contribution in [2.75, 3.05) is 31.1 Å². The second kappa shape index (κ2) is 3.75. The lowest BCUT2D eigenvalue weighted by Crippen LogP contribution is -2.51. The fourth-order valence-electron chi connectivity index (χ4n) is 2.85. The number of nitrogens with two attached hydrogens (primary N) is 1. The van der Waals surface area contributed by atoms with Gasteiger partial charge in [0, 0.05) is 30.9 Å². The maximum absolute atomic E-state index is 6.39. The molecule has 1 aromatic carbocycles. The van der Waals surface area contributed by atoms with Crippen LogP contribution in [0.15, 0.2) is 24.3 Å². The van der Waals surface area contributed by atoms with Gasteiger partial charge in [0.15, 0.2) is 0 Å². The van der Waals surface area contributed by atoms with Crippen LogP contribution in [-0.4, -0.2) is 31.7 Å². The monoisotopic (exact) mass is 217 g/mol. The van der Waals surface area contributed by atoms with E-state index < -0.39 is 0 Å². The number of nitrogens with zero attached hydrogens (tertiary/aromatic N) is 1. The van der Waals surface area contributed by atoms with Crippen molar-refractivity contribution in [1.29, 1.82) is 0 Å². The van der Waals surface area contributed by atoms with Gasteiger partial charge in [-0.1, -0.05) is 18.2 Å². The normalized spacial score (nSPS) is 28.4. The van der Waals surface area contributed by atoms with Crippen molar-refractivity contribution in [3.63, 3.8) is 0 Å². The minimum atomic E-state index is -0.0303. The Balaban J connectivity index is 1.78. The number of hydrogen-bond acceptors (Lipinski definition) is 3. The van der Waals surface area contributed by atoms with Gasteiger partial charge in [0.05, 0.1) is 0 Å². The summed E-state index contributed by atoms with van der Waals surface area (Å²) in [6.45, 7) is 4.12. The van der Waals surface area contributed by atoms with E-state index in [2.05, 4.69) is 34.5 Å². The zero-order chi connectivity index (χ0) is 11.0. The van der Waals surface area contributed by atoms with Gasteiger partial charge in [-0.2, -0.15) is 0 Å². The number of fused-ring (bicyclic) bond motifs is 1. The van der Waals surface area contributed by atoms with E-state index in [0.29, 0.717) is 0 Å². The number of nitrogens with one attached hydrogen (secondary N) is 1. The van der Waals surface area contributed by atoms with Gasteiger partial charge in [0.2, 0.25) is 0 Å². The Kier molecular flexibility index (Phi) is 2.37. The second-order valence-electron chi connectivity index (χ2n) is 5.09. The third-order valence-electron chi connectivity index (χ3n) is 3.77. The number of rotatable bonds is 2. The summed E-state index contributed by atoms with van der Waals surface area (Å²) in [7, 11) is 0. The molecule has 0 bridgehead atoms. The molecule has 2 heterocycles. The van der Waals surface area contributed by atoms with Crippen LogP contribution >= 0.6 is 0 Å². The lowest BCUT2D eigenvalue weighted by atomic mass is 9.99. The first-order valence-electron chi connectivity index (χ1n) is 6.09. The molecule has 2 aliphatic rings. The SMILES string of the molecule is NC1(CN2CCc3ccccc32)CCNC1. The van der Waals surface area contributed by atoms with Crippen molar-refractivity contribution in [2.45, 2.75) is 18.4 Å². The summed E-state index contributed by atoms with van der Waals surface area (Å²) < 4.78 is 0. The Morgan fingerprint density at radius 3 is 3.06 bits per heavy atom. The van der Waals surface area contributed by atoms with Gasteiger partial charge in [-0.25, -0.2) is 0 Å². The van der Waals surface area contributed by atoms with Gasteiger partial charge in [-0.3, -0.25) is 0 Å². The zero-order valence-electron chi connectivity index (χ0n) is 9.58. The molecule has 16 heavy (non-hydrogen) atoms. The molecule has 3 rings (SSSR count). The summed E-state index contributed by atoms with van der Waals surface area (Å²) >= 11 is 0. The van der Waals surface area contributed by atoms with Crippen LogP contribution in [0, 0.1) is 0 Å². The van der Waals surface area contributed by atoms with Gasteiger partial charge in [0.1, 0.15) is 0 Å². The van der Waals surface area contributed by atoms with Gasteiger partial charge in [-0.15, -0.1) is 0 Å². The predicted molar refractivity (Wildman–Crippen MR) is 66.8 cm³/mol. The van der Waals surface area contributed by atoms with Gasteiger partial charge in [0.25, 0.3) is 0 Å². The molecule has 86 valence electrons. The van der Waals surface area contributed by atoms with E-state index >= 15 is 0 Å². The number of para-hydroxylation sites is 1. The standard InChI is InChI=1S/C13H19N3/c14-13(6-7-15-9-13)10-16-8-5-11-3-1-2-4-12(11)16/h1-4,15H,5-10,14H2. The first kappa shape index (κ1) is 10.1. The van der Waals surface area contributed by atoms with Crippen LogP contribution in [0.1, 0.15) is 12.0 Å². The molecule has 0 amide bonds. The van der Waals surface area contributed by atoms with Gasteiger partial charge in [-0.05, 0) is 31.0 Å². The van der Waals surface area contributed by atoms with Crippen LogP contribution in [0.3, 0.4) is 0 Å². The molecule has 0 saturated carbocycles. The Morgan fingerprint density at radius 2 is 2.25 bits per heavy atom. The Morgan fingerprint density at radius 1 is 1.38 bits per heavy atom. The zero-order valence-corrected chi connectivity index (χ0v) is 9.58. The maximum atomic E-state index is 6.39. The van der Waals surface area contributed by atoms with E-state index in [1.807, 2.05) is 0 Å². The molecule has 1 unspecified atom stereocenters. The summed E-state index contributed by atoms with van der Waals surface area (Å²) in [5.41, 5.74) is 9.22. The van der Waals surface area contributed by atoms with E-state index in [1.54, 1.807) is 0 Å². The third kappa shape index (κ3) is 1.70. The third-order valence-corrected chi connectivity index (χ3v) is 3.77. The molecule has 2 aliphatic heterocycles. The lowest BCUT2D eigenvalue weighted by Gasteiger charge is -2.30. The lowest BCUT2D eigenvalue weighted by molar-refractivity contribution is 0.464. The number of hydrogen-bond donors (Lipinski definition) is 2. The van der Waals surface area contributed by atoms with Crippen LogP contribution in [-0.2, 0) is 6.42 Å². The first-order valence-corrected chi connectivity index (χ1v) is 6.09. The molecule has 3 N–H and O–H groups in total. The maximum Gasteiger partial charge on any atom is 0.0470 e. The summed E-state index contributed by atoms with van der Waals surface area (Å²) in [6.07, 6.45) is 2.26. The van der Waals surface area contributed by atoms with Gasteiger partial charge >= 0.3 is 0 Å². The van der Waals surface area contributed by atoms with E-state index in [-0.39, 0.29) is 5.54 Å². The predicted octanol–water partition coefficient (Wildman–Crippen LogP) is 0.740. The van der Waals surface area contributed by atoms with Crippen molar-refractivity contribution in [2.24, 2.45) is 5.73 Å². The molecule has 3 heteroatoms. The minimum absolute atomic E-state index is 0.0303. The molecular formula is C13H19N3. The average molecular weight is 217 g/mol. The molecular weight excluding hydrogens is 198 g/mol. The Bertz CT molecular complexity index is 383. The van der Waals surface area contributed by atoms with Crippen molar-refractivity contribution in [3.8, 4) is 0 Å². The van der Waals surface area contributed by atoms with Gasteiger partial charge < -0.3 is 16.0 Å². The highest BCUT2D eigenvalue weighted by molar-refractivity contribution is 5.58. The second-order valence-corrected chi connectivity index (χ2v) is 5.09. The first-order chi connectivity index (χ1) is 7.77. The molecule has 0 aliphatic carbocycles. The van der Waals surface area contributed by atoms with Crippen LogP contribution in [0.2, 0.25) is 0 Å². The van der Waals surface area contributed by atoms with E-state index in [1.165, 1.54) is 17.7 Å². The highest BCUT2D eigenvalue weighted by Crippen LogP contribution is 2.29. The highest BCUT2D eigenvalue weighted by Gasteiger charge is 2.33. The molecule has 1 fully saturated rings. The topological polar surface area (TPSA) is 41.3 Å². The van der Waals surface area contributed by atoms with Crippen molar-refractivity contribution in [3.05, 3.63) is 29.8 Å². The molecule has 0 spiro atoms. The minimum Gasteiger partial charge on any atom is -0.369 e. The molecule has 1 aromatic rings. The van der Waals surface area contributed by atoms with E-state index in [0.717, 1.165) is 32.6 Å². The van der Waals surface area contributed by atoms with E-state index in [9.17, 15) is 0 Å².